The lowest BCUT2D eigenvalue weighted by Crippen LogP contribution is -2.34. The Balaban J connectivity index is 1.33. The van der Waals surface area contributed by atoms with Crippen molar-refractivity contribution in [1.29, 1.82) is 0 Å². The second-order valence-electron chi connectivity index (χ2n) is 9.79. The number of amides is 2. The number of rotatable bonds is 10. The number of hydrogen-bond acceptors (Lipinski definition) is 5. The van der Waals surface area contributed by atoms with Gasteiger partial charge in [0.15, 0.2) is 5.76 Å². The van der Waals surface area contributed by atoms with Crippen molar-refractivity contribution < 1.29 is 23.8 Å². The minimum Gasteiger partial charge on any atom is -0.508 e. The van der Waals surface area contributed by atoms with Crippen LogP contribution in [-0.4, -0.2) is 29.6 Å². The maximum Gasteiger partial charge on any atom is 0.291 e. The summed E-state index contributed by atoms with van der Waals surface area (Å²) in [7, 11) is 0. The van der Waals surface area contributed by atoms with E-state index in [1.807, 2.05) is 49.4 Å². The first-order valence-electron chi connectivity index (χ1n) is 13.2. The van der Waals surface area contributed by atoms with E-state index in [9.17, 15) is 14.7 Å². The Morgan fingerprint density at radius 1 is 0.902 bits per heavy atom. The van der Waals surface area contributed by atoms with Crippen LogP contribution in [0.3, 0.4) is 0 Å². The summed E-state index contributed by atoms with van der Waals surface area (Å²) in [6, 6.07) is 28.4. The van der Waals surface area contributed by atoms with Gasteiger partial charge < -0.3 is 24.9 Å². The van der Waals surface area contributed by atoms with Crippen LogP contribution in [0.4, 0.5) is 5.69 Å². The zero-order valence-electron chi connectivity index (χ0n) is 22.4. The van der Waals surface area contributed by atoms with Gasteiger partial charge in [0.25, 0.3) is 11.8 Å². The van der Waals surface area contributed by atoms with Crippen molar-refractivity contribution in [3.63, 3.8) is 0 Å². The van der Waals surface area contributed by atoms with Gasteiger partial charge in [-0.05, 0) is 79.1 Å². The highest BCUT2D eigenvalue weighted by molar-refractivity contribution is 6.31. The van der Waals surface area contributed by atoms with Crippen LogP contribution in [-0.2, 0) is 12.8 Å². The Kier molecular flexibility index (Phi) is 8.56. The van der Waals surface area contributed by atoms with Gasteiger partial charge in [-0.1, -0.05) is 54.1 Å². The first-order chi connectivity index (χ1) is 19.8. The molecule has 2 amide bonds. The molecule has 1 aromatic heterocycles. The molecule has 1 heterocycles. The Morgan fingerprint density at radius 2 is 1.68 bits per heavy atom. The lowest BCUT2D eigenvalue weighted by atomic mass is 10.1. The molecule has 1 atom stereocenters. The number of anilines is 1. The molecule has 208 valence electrons. The molecule has 41 heavy (non-hydrogen) atoms. The lowest BCUT2D eigenvalue weighted by Gasteiger charge is -2.16. The van der Waals surface area contributed by atoms with Gasteiger partial charge in [0.2, 0.25) is 0 Å². The SMILES string of the molecule is CC(Cc1ccccc1)NC(=O)c1ccc(NC(=O)c2cc3cc(Cl)ccc3o2)c(OCCc2ccc(O)cc2)c1. The van der Waals surface area contributed by atoms with E-state index in [-0.39, 0.29) is 30.1 Å². The zero-order valence-corrected chi connectivity index (χ0v) is 23.2. The predicted molar refractivity (Wildman–Crippen MR) is 160 cm³/mol. The minimum atomic E-state index is -0.464. The van der Waals surface area contributed by atoms with E-state index in [1.54, 1.807) is 54.6 Å². The fourth-order valence-electron chi connectivity index (χ4n) is 4.46. The van der Waals surface area contributed by atoms with Crippen LogP contribution >= 0.6 is 11.6 Å². The van der Waals surface area contributed by atoms with Gasteiger partial charge >= 0.3 is 0 Å². The summed E-state index contributed by atoms with van der Waals surface area (Å²) in [6.45, 7) is 2.24. The molecular weight excluding hydrogens is 540 g/mol. The molecule has 0 spiro atoms. The van der Waals surface area contributed by atoms with Gasteiger partial charge in [-0.3, -0.25) is 9.59 Å². The maximum atomic E-state index is 13.1. The molecule has 7 nitrogen and oxygen atoms in total. The summed E-state index contributed by atoms with van der Waals surface area (Å²) >= 11 is 6.07. The largest absolute Gasteiger partial charge is 0.508 e. The first-order valence-corrected chi connectivity index (χ1v) is 13.6. The zero-order chi connectivity index (χ0) is 28.8. The van der Waals surface area contributed by atoms with E-state index in [0.29, 0.717) is 45.8 Å². The van der Waals surface area contributed by atoms with Crippen molar-refractivity contribution in [1.82, 2.24) is 5.32 Å². The smallest absolute Gasteiger partial charge is 0.291 e. The molecule has 0 aliphatic rings. The van der Waals surface area contributed by atoms with E-state index >= 15 is 0 Å². The lowest BCUT2D eigenvalue weighted by molar-refractivity contribution is 0.0939. The number of phenols is 1. The van der Waals surface area contributed by atoms with Gasteiger partial charge in [0.05, 0.1) is 12.3 Å². The van der Waals surface area contributed by atoms with Gasteiger partial charge in [-0.15, -0.1) is 0 Å². The number of nitrogens with one attached hydrogen (secondary N) is 2. The number of carbonyl (C=O) groups excluding carboxylic acids is 2. The average molecular weight is 569 g/mol. The highest BCUT2D eigenvalue weighted by atomic mass is 35.5. The number of ether oxygens (including phenoxy) is 1. The molecule has 0 radical (unpaired) electrons. The van der Waals surface area contributed by atoms with Gasteiger partial charge in [0.1, 0.15) is 17.1 Å². The maximum absolute atomic E-state index is 13.1. The third kappa shape index (κ3) is 7.26. The molecule has 0 bridgehead atoms. The third-order valence-corrected chi connectivity index (χ3v) is 6.78. The number of hydrogen-bond donors (Lipinski definition) is 3. The third-order valence-electron chi connectivity index (χ3n) is 6.54. The number of furan rings is 1. The fourth-order valence-corrected chi connectivity index (χ4v) is 4.64. The van der Waals surface area contributed by atoms with Crippen LogP contribution in [0.2, 0.25) is 5.02 Å². The van der Waals surface area contributed by atoms with Crippen LogP contribution in [0.5, 0.6) is 11.5 Å². The molecule has 0 aliphatic heterocycles. The Morgan fingerprint density at radius 3 is 2.46 bits per heavy atom. The molecule has 4 aromatic carbocycles. The molecule has 8 heteroatoms. The molecule has 0 fully saturated rings. The summed E-state index contributed by atoms with van der Waals surface area (Å²) in [5.74, 6) is -0.0560. The van der Waals surface area contributed by atoms with Crippen LogP contribution in [0.15, 0.2) is 101 Å². The molecule has 0 saturated carbocycles. The van der Waals surface area contributed by atoms with E-state index in [0.717, 1.165) is 11.1 Å². The van der Waals surface area contributed by atoms with Crippen molar-refractivity contribution in [2.45, 2.75) is 25.8 Å². The fraction of sp³-hybridized carbons (Fsp3) is 0.152. The number of aromatic hydroxyl groups is 1. The van der Waals surface area contributed by atoms with Gasteiger partial charge in [0, 0.05) is 28.4 Å². The summed E-state index contributed by atoms with van der Waals surface area (Å²) in [5, 5.41) is 16.7. The van der Waals surface area contributed by atoms with E-state index in [2.05, 4.69) is 10.6 Å². The molecule has 5 aromatic rings. The number of halogens is 1. The van der Waals surface area contributed by atoms with Gasteiger partial charge in [-0.25, -0.2) is 0 Å². The monoisotopic (exact) mass is 568 g/mol. The highest BCUT2D eigenvalue weighted by Crippen LogP contribution is 2.29. The average Bonchev–Trinajstić information content (AvgIpc) is 3.39. The summed E-state index contributed by atoms with van der Waals surface area (Å²) in [6.07, 6.45) is 1.25. The van der Waals surface area contributed by atoms with Gasteiger partial charge in [-0.2, -0.15) is 0 Å². The number of phenolic OH excluding ortho intramolecular Hbond substituents is 1. The second-order valence-corrected chi connectivity index (χ2v) is 10.2. The van der Waals surface area contributed by atoms with Crippen LogP contribution in [0, 0.1) is 0 Å². The van der Waals surface area contributed by atoms with Crippen LogP contribution in [0.1, 0.15) is 39.0 Å². The molecule has 3 N–H and O–H groups in total. The Hall–Kier alpha value is -4.75. The summed E-state index contributed by atoms with van der Waals surface area (Å²) < 4.78 is 11.8. The molecule has 0 saturated heterocycles. The van der Waals surface area contributed by atoms with E-state index in [1.165, 1.54) is 0 Å². The van der Waals surface area contributed by atoms with Crippen molar-refractivity contribution >= 4 is 40.1 Å². The molecule has 5 rings (SSSR count). The second kappa shape index (κ2) is 12.6. The van der Waals surface area contributed by atoms with E-state index in [4.69, 9.17) is 20.8 Å². The highest BCUT2D eigenvalue weighted by Gasteiger charge is 2.18. The topological polar surface area (TPSA) is 101 Å². The number of benzene rings is 4. The van der Waals surface area contributed by atoms with Crippen molar-refractivity contribution in [2.24, 2.45) is 0 Å². The minimum absolute atomic E-state index is 0.0928. The quantitative estimate of drug-likeness (QED) is 0.168. The standard InChI is InChI=1S/C33H29ClN2O5/c1-21(17-23-5-3-2-4-6-23)35-32(38)24-9-13-28(30(19-24)40-16-15-22-7-11-27(37)12-8-22)36-33(39)31-20-25-18-26(34)10-14-29(25)41-31/h2-14,18-21,37H,15-17H2,1H3,(H,35,38)(H,36,39). The van der Waals surface area contributed by atoms with E-state index < -0.39 is 5.91 Å². The predicted octanol–water partition coefficient (Wildman–Crippen LogP) is 7.03. The molecule has 1 unspecified atom stereocenters. The number of carbonyl (C=O) groups is 2. The Labute approximate surface area is 242 Å². The van der Waals surface area contributed by atoms with Crippen molar-refractivity contribution in [2.75, 3.05) is 11.9 Å². The van der Waals surface area contributed by atoms with Crippen LogP contribution in [0.25, 0.3) is 11.0 Å². The number of fused-ring (bicyclic) bond motifs is 1. The van der Waals surface area contributed by atoms with Crippen molar-refractivity contribution in [3.05, 3.63) is 125 Å². The molecule has 0 aliphatic carbocycles. The summed E-state index contributed by atoms with van der Waals surface area (Å²) in [4.78, 5) is 26.2. The van der Waals surface area contributed by atoms with Crippen LogP contribution < -0.4 is 15.4 Å². The normalized spacial score (nSPS) is 11.7. The Bertz CT molecular complexity index is 1660. The summed E-state index contributed by atoms with van der Waals surface area (Å²) in [5.41, 5.74) is 3.44. The molecular formula is C33H29ClN2O5. The first kappa shape index (κ1) is 27.8. The van der Waals surface area contributed by atoms with Crippen molar-refractivity contribution in [3.8, 4) is 11.5 Å².